The summed E-state index contributed by atoms with van der Waals surface area (Å²) in [5, 5.41) is 6.17. The number of benzene rings is 2. The average Bonchev–Trinajstić information content (AvgIpc) is 3.09. The van der Waals surface area contributed by atoms with Gasteiger partial charge < -0.3 is 10.6 Å². The lowest BCUT2D eigenvalue weighted by atomic mass is 10.1. The van der Waals surface area contributed by atoms with E-state index >= 15 is 0 Å². The highest BCUT2D eigenvalue weighted by atomic mass is 32.1. The molecule has 0 atom stereocenters. The second-order valence-corrected chi connectivity index (χ2v) is 7.26. The summed E-state index contributed by atoms with van der Waals surface area (Å²) >= 11 is 1.25. The van der Waals surface area contributed by atoms with Crippen LogP contribution < -0.4 is 10.6 Å². The van der Waals surface area contributed by atoms with Crippen molar-refractivity contribution in [2.45, 2.75) is 19.1 Å². The van der Waals surface area contributed by atoms with Crippen molar-refractivity contribution in [1.82, 2.24) is 10.3 Å². The molecule has 28 heavy (non-hydrogen) atoms. The zero-order valence-electron chi connectivity index (χ0n) is 14.8. The molecule has 1 aromatic heterocycles. The first kappa shape index (κ1) is 20.0. The Kier molecular flexibility index (Phi) is 6.43. The van der Waals surface area contributed by atoms with Crippen LogP contribution in [0.15, 0.2) is 60.8 Å². The van der Waals surface area contributed by atoms with Gasteiger partial charge in [0.1, 0.15) is 0 Å². The van der Waals surface area contributed by atoms with Gasteiger partial charge in [-0.3, -0.25) is 4.79 Å². The number of alkyl halides is 3. The van der Waals surface area contributed by atoms with E-state index in [4.69, 9.17) is 0 Å². The number of aromatic nitrogens is 1. The fourth-order valence-electron chi connectivity index (χ4n) is 2.59. The fraction of sp³-hybridized carbons (Fsp3) is 0.200. The van der Waals surface area contributed by atoms with Crippen LogP contribution in [0, 0.1) is 0 Å². The first-order valence-electron chi connectivity index (χ1n) is 8.55. The Bertz CT molecular complexity index is 926. The molecule has 4 nitrogen and oxygen atoms in total. The Balaban J connectivity index is 1.50. The summed E-state index contributed by atoms with van der Waals surface area (Å²) in [5.41, 5.74) is 0.946. The molecule has 0 aliphatic carbocycles. The number of nitrogens with zero attached hydrogens (tertiary/aromatic N) is 1. The average molecular weight is 405 g/mol. The van der Waals surface area contributed by atoms with Crippen LogP contribution in [0.5, 0.6) is 0 Å². The number of nitrogens with one attached hydrogen (secondary N) is 2. The van der Waals surface area contributed by atoms with Crippen LogP contribution in [-0.4, -0.2) is 17.4 Å². The molecule has 8 heteroatoms. The van der Waals surface area contributed by atoms with Crippen LogP contribution in [0.2, 0.25) is 0 Å². The molecule has 3 aromatic rings. The van der Waals surface area contributed by atoms with Crippen molar-refractivity contribution < 1.29 is 18.0 Å². The molecule has 0 saturated heterocycles. The maximum Gasteiger partial charge on any atom is 0.416 e. The predicted molar refractivity (Wildman–Crippen MR) is 103 cm³/mol. The zero-order chi connectivity index (χ0) is 20.0. The third-order valence-electron chi connectivity index (χ3n) is 3.89. The summed E-state index contributed by atoms with van der Waals surface area (Å²) in [6, 6.07) is 14.9. The maximum absolute atomic E-state index is 12.8. The summed E-state index contributed by atoms with van der Waals surface area (Å²) in [5.74, 6) is -0.226. The number of carbonyl (C=O) groups is 1. The van der Waals surface area contributed by atoms with Gasteiger partial charge in [0, 0.05) is 24.0 Å². The van der Waals surface area contributed by atoms with Gasteiger partial charge in [0.25, 0.3) is 0 Å². The van der Waals surface area contributed by atoms with Gasteiger partial charge >= 0.3 is 6.18 Å². The van der Waals surface area contributed by atoms with Crippen LogP contribution in [-0.2, 0) is 23.9 Å². The lowest BCUT2D eigenvalue weighted by Crippen LogP contribution is -2.27. The molecule has 0 fully saturated rings. The second-order valence-electron chi connectivity index (χ2n) is 6.14. The largest absolute Gasteiger partial charge is 0.416 e. The third kappa shape index (κ3) is 5.90. The zero-order valence-corrected chi connectivity index (χ0v) is 15.6. The Hall–Kier alpha value is -2.71. The molecule has 0 saturated carbocycles. The molecule has 0 bridgehead atoms. The van der Waals surface area contributed by atoms with E-state index in [1.165, 1.54) is 17.4 Å². The van der Waals surface area contributed by atoms with Crippen LogP contribution >= 0.6 is 11.3 Å². The van der Waals surface area contributed by atoms with E-state index in [-0.39, 0.29) is 12.5 Å². The molecule has 146 valence electrons. The highest BCUT2D eigenvalue weighted by Gasteiger charge is 2.30. The summed E-state index contributed by atoms with van der Waals surface area (Å²) in [7, 11) is 0. The van der Waals surface area contributed by atoms with Gasteiger partial charge in [0.15, 0.2) is 5.13 Å². The van der Waals surface area contributed by atoms with Crippen molar-refractivity contribution in [2.24, 2.45) is 0 Å². The smallest absolute Gasteiger partial charge is 0.304 e. The Labute approximate surface area is 164 Å². The number of halogens is 3. The quantitative estimate of drug-likeness (QED) is 0.609. The number of hydrogen-bond acceptors (Lipinski definition) is 4. The normalized spacial score (nSPS) is 11.4. The lowest BCUT2D eigenvalue weighted by molar-refractivity contribution is -0.137. The van der Waals surface area contributed by atoms with Gasteiger partial charge in [-0.15, -0.1) is 11.3 Å². The van der Waals surface area contributed by atoms with Crippen LogP contribution in [0.3, 0.4) is 0 Å². The van der Waals surface area contributed by atoms with E-state index in [1.54, 1.807) is 12.3 Å². The van der Waals surface area contributed by atoms with Gasteiger partial charge in [-0.1, -0.05) is 48.5 Å². The van der Waals surface area contributed by atoms with E-state index < -0.39 is 11.7 Å². The molecule has 1 amide bonds. The Morgan fingerprint density at radius 2 is 1.79 bits per heavy atom. The number of amides is 1. The number of hydrogen-bond donors (Lipinski definition) is 2. The Morgan fingerprint density at radius 1 is 1.04 bits per heavy atom. The molecular formula is C20H18F3N3OS. The van der Waals surface area contributed by atoms with Crippen LogP contribution in [0.1, 0.15) is 21.6 Å². The van der Waals surface area contributed by atoms with Crippen LogP contribution in [0.4, 0.5) is 18.3 Å². The molecular weight excluding hydrogens is 387 g/mol. The van der Waals surface area contributed by atoms with Gasteiger partial charge in [-0.2, -0.15) is 13.2 Å². The molecule has 0 radical (unpaired) electrons. The fourth-order valence-corrected chi connectivity index (χ4v) is 3.45. The SMILES string of the molecule is O=C(CNCc1ccccc1)Nc1ncc(Cc2cccc(C(F)(F)F)c2)s1. The van der Waals surface area contributed by atoms with Crippen molar-refractivity contribution in [3.63, 3.8) is 0 Å². The molecule has 2 aromatic carbocycles. The van der Waals surface area contributed by atoms with Gasteiger partial charge in [-0.25, -0.2) is 4.98 Å². The van der Waals surface area contributed by atoms with Gasteiger partial charge in [0.05, 0.1) is 12.1 Å². The van der Waals surface area contributed by atoms with Crippen molar-refractivity contribution >= 4 is 22.4 Å². The maximum atomic E-state index is 12.8. The molecule has 0 aliphatic heterocycles. The van der Waals surface area contributed by atoms with Crippen molar-refractivity contribution in [3.05, 3.63) is 82.4 Å². The molecule has 2 N–H and O–H groups in total. The molecule has 3 rings (SSSR count). The van der Waals surface area contributed by atoms with Crippen molar-refractivity contribution in [2.75, 3.05) is 11.9 Å². The van der Waals surface area contributed by atoms with Gasteiger partial charge in [0.2, 0.25) is 5.91 Å². The number of carbonyl (C=O) groups excluding carboxylic acids is 1. The van der Waals surface area contributed by atoms with E-state index in [0.29, 0.717) is 23.7 Å². The Morgan fingerprint density at radius 3 is 2.54 bits per heavy atom. The minimum Gasteiger partial charge on any atom is -0.304 e. The summed E-state index contributed by atoms with van der Waals surface area (Å²) < 4.78 is 38.4. The standard InChI is InChI=1S/C20H18F3N3OS/c21-20(22,23)16-8-4-7-15(9-16)10-17-12-25-19(28-17)26-18(27)13-24-11-14-5-2-1-3-6-14/h1-9,12,24H,10-11,13H2,(H,25,26,27). The first-order chi connectivity index (χ1) is 13.4. The monoisotopic (exact) mass is 405 g/mol. The molecule has 0 unspecified atom stereocenters. The second kappa shape index (κ2) is 8.99. The number of thiazole rings is 1. The first-order valence-corrected chi connectivity index (χ1v) is 9.37. The summed E-state index contributed by atoms with van der Waals surface area (Å²) in [4.78, 5) is 16.9. The minimum atomic E-state index is -4.37. The van der Waals surface area contributed by atoms with Crippen LogP contribution in [0.25, 0.3) is 0 Å². The summed E-state index contributed by atoms with van der Waals surface area (Å²) in [6.45, 7) is 0.713. The highest BCUT2D eigenvalue weighted by molar-refractivity contribution is 7.15. The third-order valence-corrected chi connectivity index (χ3v) is 4.80. The predicted octanol–water partition coefficient (Wildman–Crippen LogP) is 4.48. The van der Waals surface area contributed by atoms with E-state index in [2.05, 4.69) is 15.6 Å². The molecule has 1 heterocycles. The molecule has 0 aliphatic rings. The molecule has 0 spiro atoms. The van der Waals surface area contributed by atoms with E-state index in [1.807, 2.05) is 30.3 Å². The van der Waals surface area contributed by atoms with Gasteiger partial charge in [-0.05, 0) is 17.2 Å². The highest BCUT2D eigenvalue weighted by Crippen LogP contribution is 2.30. The van der Waals surface area contributed by atoms with E-state index in [0.717, 1.165) is 22.6 Å². The summed E-state index contributed by atoms with van der Waals surface area (Å²) in [6.07, 6.45) is -2.47. The lowest BCUT2D eigenvalue weighted by Gasteiger charge is -2.07. The minimum absolute atomic E-state index is 0.136. The van der Waals surface area contributed by atoms with Crippen molar-refractivity contribution in [3.8, 4) is 0 Å². The van der Waals surface area contributed by atoms with Crippen molar-refractivity contribution in [1.29, 1.82) is 0 Å². The van der Waals surface area contributed by atoms with E-state index in [9.17, 15) is 18.0 Å². The number of rotatable bonds is 7. The number of anilines is 1. The topological polar surface area (TPSA) is 54.0 Å².